The van der Waals surface area contributed by atoms with Gasteiger partial charge in [0.15, 0.2) is 0 Å². The molecule has 3 aromatic carbocycles. The summed E-state index contributed by atoms with van der Waals surface area (Å²) in [5.74, 6) is 0. The zero-order valence-electron chi connectivity index (χ0n) is 13.4. The van der Waals surface area contributed by atoms with E-state index in [1.54, 1.807) is 0 Å². The third-order valence-electron chi connectivity index (χ3n) is 5.50. The number of nitrogens with two attached hydrogens (primary N) is 1. The van der Waals surface area contributed by atoms with E-state index in [4.69, 9.17) is 5.73 Å². The van der Waals surface area contributed by atoms with E-state index in [0.29, 0.717) is 0 Å². The van der Waals surface area contributed by atoms with Crippen LogP contribution in [0.4, 0.5) is 0 Å². The topological polar surface area (TPSA) is 26.0 Å². The summed E-state index contributed by atoms with van der Waals surface area (Å²) in [7, 11) is 0. The van der Waals surface area contributed by atoms with Crippen LogP contribution in [0.25, 0.3) is 0 Å². The minimum absolute atomic E-state index is 0.167. The van der Waals surface area contributed by atoms with Crippen LogP contribution < -0.4 is 5.73 Å². The maximum Gasteiger partial charge on any atom is 0.0766 e. The lowest BCUT2D eigenvalue weighted by molar-refractivity contribution is 0.315. The Labute approximate surface area is 137 Å². The lowest BCUT2D eigenvalue weighted by Gasteiger charge is -2.42. The first-order valence-corrected chi connectivity index (χ1v) is 8.14. The third kappa shape index (κ3) is 1.90. The molecule has 0 bridgehead atoms. The second-order valence-corrected chi connectivity index (χ2v) is 6.71. The first-order chi connectivity index (χ1) is 11.2. The normalized spacial score (nSPS) is 26.0. The summed E-state index contributed by atoms with van der Waals surface area (Å²) < 4.78 is 0. The van der Waals surface area contributed by atoms with Crippen LogP contribution in [0.3, 0.4) is 0 Å². The molecule has 0 fully saturated rings. The molecule has 2 atom stereocenters. The molecule has 4 rings (SSSR count). The Balaban J connectivity index is 2.01. The molecule has 1 aliphatic rings. The molecule has 1 heteroatoms. The number of benzene rings is 3. The van der Waals surface area contributed by atoms with Crippen LogP contribution in [0.1, 0.15) is 29.2 Å². The summed E-state index contributed by atoms with van der Waals surface area (Å²) >= 11 is 0. The SMILES string of the molecule is C[C@@]1(c2ccccc2)Cc2ccccc2[C@@]1(N)c1ccccc1. The van der Waals surface area contributed by atoms with Crippen molar-refractivity contribution in [2.45, 2.75) is 24.3 Å². The molecule has 3 aromatic rings. The fourth-order valence-corrected chi connectivity index (χ4v) is 4.19. The van der Waals surface area contributed by atoms with E-state index in [2.05, 4.69) is 85.8 Å². The van der Waals surface area contributed by atoms with Crippen molar-refractivity contribution in [2.75, 3.05) is 0 Å². The van der Waals surface area contributed by atoms with E-state index >= 15 is 0 Å². The zero-order chi connectivity index (χ0) is 15.9. The van der Waals surface area contributed by atoms with Gasteiger partial charge in [-0.1, -0.05) is 91.9 Å². The molecule has 23 heavy (non-hydrogen) atoms. The van der Waals surface area contributed by atoms with Gasteiger partial charge in [-0.05, 0) is 28.7 Å². The molecule has 0 amide bonds. The van der Waals surface area contributed by atoms with E-state index in [9.17, 15) is 0 Å². The predicted octanol–water partition coefficient (Wildman–Crippen LogP) is 4.40. The Morgan fingerprint density at radius 2 is 1.22 bits per heavy atom. The Kier molecular flexibility index (Phi) is 3.14. The molecule has 1 aliphatic carbocycles. The molecule has 0 saturated heterocycles. The van der Waals surface area contributed by atoms with Crippen LogP contribution in [0.2, 0.25) is 0 Å². The van der Waals surface area contributed by atoms with Gasteiger partial charge >= 0.3 is 0 Å². The molecule has 0 saturated carbocycles. The van der Waals surface area contributed by atoms with Crippen molar-refractivity contribution in [3.8, 4) is 0 Å². The monoisotopic (exact) mass is 299 g/mol. The van der Waals surface area contributed by atoms with Crippen molar-refractivity contribution in [1.29, 1.82) is 0 Å². The molecule has 0 aliphatic heterocycles. The number of hydrogen-bond acceptors (Lipinski definition) is 1. The quantitative estimate of drug-likeness (QED) is 0.745. The fraction of sp³-hybridized carbons (Fsp3) is 0.182. The van der Waals surface area contributed by atoms with Crippen LogP contribution in [-0.2, 0) is 17.4 Å². The minimum atomic E-state index is -0.522. The average Bonchev–Trinajstić information content (AvgIpc) is 2.86. The first-order valence-electron chi connectivity index (χ1n) is 8.14. The molecular formula is C22H21N. The summed E-state index contributed by atoms with van der Waals surface area (Å²) in [5.41, 5.74) is 11.6. The summed E-state index contributed by atoms with van der Waals surface area (Å²) in [5, 5.41) is 0. The second kappa shape index (κ2) is 5.07. The van der Waals surface area contributed by atoms with E-state index < -0.39 is 5.54 Å². The lowest BCUT2D eigenvalue weighted by atomic mass is 9.64. The summed E-state index contributed by atoms with van der Waals surface area (Å²) in [6.07, 6.45) is 0.957. The fourth-order valence-electron chi connectivity index (χ4n) is 4.19. The Morgan fingerprint density at radius 1 is 0.696 bits per heavy atom. The van der Waals surface area contributed by atoms with Crippen LogP contribution in [0, 0.1) is 0 Å². The highest BCUT2D eigenvalue weighted by Gasteiger charge is 2.54. The first kappa shape index (κ1) is 14.2. The van der Waals surface area contributed by atoms with Crippen molar-refractivity contribution in [1.82, 2.24) is 0 Å². The second-order valence-electron chi connectivity index (χ2n) is 6.71. The summed E-state index contributed by atoms with van der Waals surface area (Å²) in [6, 6.07) is 29.8. The van der Waals surface area contributed by atoms with Gasteiger partial charge in [-0.2, -0.15) is 0 Å². The molecular weight excluding hydrogens is 278 g/mol. The highest BCUT2D eigenvalue weighted by molar-refractivity contribution is 5.55. The van der Waals surface area contributed by atoms with Gasteiger partial charge in [-0.3, -0.25) is 0 Å². The van der Waals surface area contributed by atoms with Gasteiger partial charge in [0.05, 0.1) is 5.54 Å². The van der Waals surface area contributed by atoms with Gasteiger partial charge in [0, 0.05) is 5.41 Å². The van der Waals surface area contributed by atoms with Crippen molar-refractivity contribution >= 4 is 0 Å². The zero-order valence-corrected chi connectivity index (χ0v) is 13.4. The van der Waals surface area contributed by atoms with E-state index in [1.165, 1.54) is 22.3 Å². The van der Waals surface area contributed by atoms with Crippen molar-refractivity contribution < 1.29 is 0 Å². The molecule has 114 valence electrons. The smallest absolute Gasteiger partial charge is 0.0766 e. The van der Waals surface area contributed by atoms with E-state index in [0.717, 1.165) is 6.42 Å². The van der Waals surface area contributed by atoms with Crippen molar-refractivity contribution in [3.05, 3.63) is 107 Å². The summed E-state index contributed by atoms with van der Waals surface area (Å²) in [4.78, 5) is 0. The standard InChI is InChI=1S/C22H21N/c1-21(18-11-4-2-5-12-18)16-17-10-8-9-15-20(17)22(21,23)19-13-6-3-7-14-19/h2-15H,16,23H2,1H3/t21-,22-/m0/s1. The number of hydrogen-bond donors (Lipinski definition) is 1. The third-order valence-corrected chi connectivity index (χ3v) is 5.50. The van der Waals surface area contributed by atoms with Crippen molar-refractivity contribution in [3.63, 3.8) is 0 Å². The maximum atomic E-state index is 7.20. The molecule has 0 radical (unpaired) electrons. The van der Waals surface area contributed by atoms with Gasteiger partial charge < -0.3 is 5.73 Å². The molecule has 0 spiro atoms. The largest absolute Gasteiger partial charge is 0.317 e. The van der Waals surface area contributed by atoms with Crippen molar-refractivity contribution in [2.24, 2.45) is 5.73 Å². The predicted molar refractivity (Wildman–Crippen MR) is 95.3 cm³/mol. The Hall–Kier alpha value is -2.38. The molecule has 1 nitrogen and oxygen atoms in total. The van der Waals surface area contributed by atoms with E-state index in [-0.39, 0.29) is 5.41 Å². The molecule has 0 heterocycles. The van der Waals surface area contributed by atoms with Crippen LogP contribution in [-0.4, -0.2) is 0 Å². The molecule has 2 N–H and O–H groups in total. The summed E-state index contributed by atoms with van der Waals surface area (Å²) in [6.45, 7) is 2.30. The van der Waals surface area contributed by atoms with Gasteiger partial charge in [0.1, 0.15) is 0 Å². The van der Waals surface area contributed by atoms with Gasteiger partial charge in [-0.15, -0.1) is 0 Å². The van der Waals surface area contributed by atoms with Gasteiger partial charge in [-0.25, -0.2) is 0 Å². The van der Waals surface area contributed by atoms with Crippen LogP contribution in [0.15, 0.2) is 84.9 Å². The lowest BCUT2D eigenvalue weighted by Crippen LogP contribution is -2.52. The van der Waals surface area contributed by atoms with Gasteiger partial charge in [0.2, 0.25) is 0 Å². The molecule has 0 unspecified atom stereocenters. The van der Waals surface area contributed by atoms with Crippen LogP contribution >= 0.6 is 0 Å². The Morgan fingerprint density at radius 3 is 1.87 bits per heavy atom. The Bertz CT molecular complexity index is 825. The highest BCUT2D eigenvalue weighted by Crippen LogP contribution is 2.53. The van der Waals surface area contributed by atoms with Crippen LogP contribution in [0.5, 0.6) is 0 Å². The van der Waals surface area contributed by atoms with E-state index in [1.807, 2.05) is 6.07 Å². The van der Waals surface area contributed by atoms with Gasteiger partial charge in [0.25, 0.3) is 0 Å². The number of rotatable bonds is 2. The average molecular weight is 299 g/mol. The maximum absolute atomic E-state index is 7.20. The minimum Gasteiger partial charge on any atom is -0.317 e. The molecule has 0 aromatic heterocycles. The number of fused-ring (bicyclic) bond motifs is 1. The highest BCUT2D eigenvalue weighted by atomic mass is 14.8.